The number of benzene rings is 1. The van der Waals surface area contributed by atoms with Gasteiger partial charge in [-0.05, 0) is 30.7 Å². The molecule has 0 spiro atoms. The summed E-state index contributed by atoms with van der Waals surface area (Å²) in [4.78, 5) is 15.1. The van der Waals surface area contributed by atoms with E-state index in [4.69, 9.17) is 9.84 Å². The van der Waals surface area contributed by atoms with Crippen molar-refractivity contribution in [2.24, 2.45) is 5.92 Å². The van der Waals surface area contributed by atoms with E-state index in [2.05, 4.69) is 48.1 Å². The van der Waals surface area contributed by atoms with E-state index in [-0.39, 0.29) is 5.91 Å². The maximum atomic E-state index is 13.2. The second-order valence-electron chi connectivity index (χ2n) is 8.56. The van der Waals surface area contributed by atoms with E-state index in [0.717, 1.165) is 37.9 Å². The van der Waals surface area contributed by atoms with Gasteiger partial charge >= 0.3 is 0 Å². The van der Waals surface area contributed by atoms with Crippen molar-refractivity contribution in [3.63, 3.8) is 0 Å². The highest BCUT2D eigenvalue weighted by atomic mass is 16.5. The van der Waals surface area contributed by atoms with Crippen LogP contribution in [-0.2, 0) is 30.7 Å². The maximum Gasteiger partial charge on any atom is 0.274 e. The molecule has 0 unspecified atom stereocenters. The first-order chi connectivity index (χ1) is 14.1. The molecule has 1 aromatic carbocycles. The van der Waals surface area contributed by atoms with Crippen molar-refractivity contribution >= 4 is 5.91 Å². The maximum absolute atomic E-state index is 13.2. The van der Waals surface area contributed by atoms with Gasteiger partial charge < -0.3 is 15.0 Å². The predicted octanol–water partition coefficient (Wildman–Crippen LogP) is 2.66. The number of nitrogens with one attached hydrogen (secondary N) is 1. The number of morpholine rings is 1. The number of hydrogen-bond acceptors (Lipinski definition) is 4. The highest BCUT2D eigenvalue weighted by molar-refractivity contribution is 5.94. The second-order valence-corrected chi connectivity index (χ2v) is 8.56. The van der Waals surface area contributed by atoms with Gasteiger partial charge in [0, 0.05) is 43.5 Å². The smallest absolute Gasteiger partial charge is 0.274 e. The summed E-state index contributed by atoms with van der Waals surface area (Å²) in [5.41, 5.74) is 4.36. The Morgan fingerprint density at radius 3 is 2.72 bits per heavy atom. The Kier molecular flexibility index (Phi) is 6.31. The third-order valence-corrected chi connectivity index (χ3v) is 5.82. The van der Waals surface area contributed by atoms with Crippen molar-refractivity contribution in [1.82, 2.24) is 20.0 Å². The Labute approximate surface area is 173 Å². The van der Waals surface area contributed by atoms with Crippen LogP contribution in [0.1, 0.15) is 47.6 Å². The van der Waals surface area contributed by atoms with E-state index in [1.807, 2.05) is 11.0 Å². The highest BCUT2D eigenvalue weighted by Gasteiger charge is 2.31. The minimum Gasteiger partial charge on any atom is -0.378 e. The molecule has 2 aromatic rings. The number of carbonyl (C=O) groups excluding carboxylic acids is 1. The van der Waals surface area contributed by atoms with Gasteiger partial charge in [0.1, 0.15) is 0 Å². The first-order valence-corrected chi connectivity index (χ1v) is 10.8. The van der Waals surface area contributed by atoms with E-state index < -0.39 is 0 Å². The zero-order chi connectivity index (χ0) is 20.2. The van der Waals surface area contributed by atoms with Crippen LogP contribution in [0.25, 0.3) is 0 Å². The van der Waals surface area contributed by atoms with Crippen LogP contribution in [-0.4, -0.2) is 52.9 Å². The van der Waals surface area contributed by atoms with Gasteiger partial charge in [0.2, 0.25) is 0 Å². The SMILES string of the molecule is CC(C)Cn1nc(C(=O)N2CCOCC2)c2c1CC[C@@H](NCc1ccccc1)C2. The van der Waals surface area contributed by atoms with Crippen molar-refractivity contribution in [1.29, 1.82) is 0 Å². The lowest BCUT2D eigenvalue weighted by Gasteiger charge is -2.28. The summed E-state index contributed by atoms with van der Waals surface area (Å²) in [7, 11) is 0. The monoisotopic (exact) mass is 396 g/mol. The van der Waals surface area contributed by atoms with Gasteiger partial charge in [0.05, 0.1) is 13.2 Å². The van der Waals surface area contributed by atoms with Crippen molar-refractivity contribution in [2.75, 3.05) is 26.3 Å². The van der Waals surface area contributed by atoms with E-state index >= 15 is 0 Å². The topological polar surface area (TPSA) is 59.4 Å². The largest absolute Gasteiger partial charge is 0.378 e. The van der Waals surface area contributed by atoms with E-state index in [9.17, 15) is 4.79 Å². The molecule has 0 radical (unpaired) electrons. The summed E-state index contributed by atoms with van der Waals surface area (Å²) in [5.74, 6) is 0.565. The molecule has 0 saturated carbocycles. The minimum absolute atomic E-state index is 0.0655. The minimum atomic E-state index is 0.0655. The van der Waals surface area contributed by atoms with Crippen LogP contribution in [0.3, 0.4) is 0 Å². The summed E-state index contributed by atoms with van der Waals surface area (Å²) >= 11 is 0. The van der Waals surface area contributed by atoms with Crippen LogP contribution in [0.4, 0.5) is 0 Å². The number of fused-ring (bicyclic) bond motifs is 1. The van der Waals surface area contributed by atoms with Crippen LogP contribution in [0.15, 0.2) is 30.3 Å². The molecular weight excluding hydrogens is 364 g/mol. The average Bonchev–Trinajstić information content (AvgIpc) is 3.10. The number of hydrogen-bond donors (Lipinski definition) is 1. The van der Waals surface area contributed by atoms with Crippen LogP contribution < -0.4 is 5.32 Å². The molecule has 1 N–H and O–H groups in total. The van der Waals surface area contributed by atoms with Crippen molar-refractivity contribution < 1.29 is 9.53 Å². The fourth-order valence-corrected chi connectivity index (χ4v) is 4.30. The van der Waals surface area contributed by atoms with Gasteiger partial charge in [-0.3, -0.25) is 9.48 Å². The molecule has 156 valence electrons. The van der Waals surface area contributed by atoms with Gasteiger partial charge in [-0.15, -0.1) is 0 Å². The molecule has 6 heteroatoms. The molecule has 2 heterocycles. The molecule has 2 aliphatic rings. The second kappa shape index (κ2) is 9.09. The Balaban J connectivity index is 1.53. The fourth-order valence-electron chi connectivity index (χ4n) is 4.30. The van der Waals surface area contributed by atoms with E-state index in [1.165, 1.54) is 11.3 Å². The van der Waals surface area contributed by atoms with Crippen LogP contribution >= 0.6 is 0 Å². The summed E-state index contributed by atoms with van der Waals surface area (Å²) < 4.78 is 7.52. The van der Waals surface area contributed by atoms with Crippen molar-refractivity contribution in [3.05, 3.63) is 52.8 Å². The summed E-state index contributed by atoms with van der Waals surface area (Å²) in [5, 5.41) is 8.51. The Morgan fingerprint density at radius 1 is 1.24 bits per heavy atom. The number of rotatable bonds is 6. The Morgan fingerprint density at radius 2 is 2.00 bits per heavy atom. The predicted molar refractivity (Wildman–Crippen MR) is 113 cm³/mol. The van der Waals surface area contributed by atoms with Gasteiger partial charge in [-0.2, -0.15) is 5.10 Å². The summed E-state index contributed by atoms with van der Waals surface area (Å²) in [6.07, 6.45) is 2.92. The third-order valence-electron chi connectivity index (χ3n) is 5.82. The first-order valence-electron chi connectivity index (χ1n) is 10.8. The van der Waals surface area contributed by atoms with Crippen molar-refractivity contribution in [2.45, 2.75) is 52.2 Å². The molecule has 1 atom stereocenters. The number of carbonyl (C=O) groups is 1. The zero-order valence-electron chi connectivity index (χ0n) is 17.6. The number of amides is 1. The molecule has 0 bridgehead atoms. The first kappa shape index (κ1) is 20.1. The molecule has 4 rings (SSSR count). The third kappa shape index (κ3) is 4.70. The molecular formula is C23H32N4O2. The molecule has 1 aliphatic carbocycles. The summed E-state index contributed by atoms with van der Waals surface area (Å²) in [6.45, 7) is 8.65. The van der Waals surface area contributed by atoms with Crippen LogP contribution in [0.5, 0.6) is 0 Å². The molecule has 29 heavy (non-hydrogen) atoms. The van der Waals surface area contributed by atoms with Gasteiger partial charge in [0.15, 0.2) is 5.69 Å². The molecule has 1 saturated heterocycles. The molecule has 1 aliphatic heterocycles. The van der Waals surface area contributed by atoms with Gasteiger partial charge in [-0.1, -0.05) is 44.2 Å². The number of ether oxygens (including phenoxy) is 1. The molecule has 1 amide bonds. The van der Waals surface area contributed by atoms with Gasteiger partial charge in [-0.25, -0.2) is 0 Å². The van der Waals surface area contributed by atoms with Gasteiger partial charge in [0.25, 0.3) is 5.91 Å². The molecule has 1 aromatic heterocycles. The lowest BCUT2D eigenvalue weighted by molar-refractivity contribution is 0.0297. The van der Waals surface area contributed by atoms with E-state index in [1.54, 1.807) is 0 Å². The number of aromatic nitrogens is 2. The fraction of sp³-hybridized carbons (Fsp3) is 0.565. The lowest BCUT2D eigenvalue weighted by atomic mass is 9.90. The molecule has 6 nitrogen and oxygen atoms in total. The van der Waals surface area contributed by atoms with Crippen LogP contribution in [0.2, 0.25) is 0 Å². The zero-order valence-corrected chi connectivity index (χ0v) is 17.6. The highest BCUT2D eigenvalue weighted by Crippen LogP contribution is 2.27. The number of nitrogens with zero attached hydrogens (tertiary/aromatic N) is 3. The van der Waals surface area contributed by atoms with Crippen molar-refractivity contribution in [3.8, 4) is 0 Å². The standard InChI is InChI=1S/C23H32N4O2/c1-17(2)16-27-21-9-8-19(24-15-18-6-4-3-5-7-18)14-20(21)22(25-27)23(28)26-10-12-29-13-11-26/h3-7,17,19,24H,8-16H2,1-2H3/t19-/m1/s1. The quantitative estimate of drug-likeness (QED) is 0.816. The normalized spacial score (nSPS) is 19.4. The lowest BCUT2D eigenvalue weighted by Crippen LogP contribution is -2.41. The van der Waals surface area contributed by atoms with Crippen LogP contribution in [0, 0.1) is 5.92 Å². The Bertz CT molecular complexity index is 825. The van der Waals surface area contributed by atoms with E-state index in [0.29, 0.717) is 44.0 Å². The average molecular weight is 397 g/mol. The molecule has 1 fully saturated rings. The Hall–Kier alpha value is -2.18. The summed E-state index contributed by atoms with van der Waals surface area (Å²) in [6, 6.07) is 10.9.